The number of hydrogen-bond donors (Lipinski definition) is 25. The smallest absolute Gasteiger partial charge is 0.243 e. The van der Waals surface area contributed by atoms with E-state index in [1.54, 1.807) is 52.0 Å². The molecule has 37 heteroatoms. The van der Waals surface area contributed by atoms with Crippen molar-refractivity contribution < 1.29 is 78.0 Å². The van der Waals surface area contributed by atoms with Crippen LogP contribution in [0.5, 0.6) is 23.0 Å². The van der Waals surface area contributed by atoms with Gasteiger partial charge in [0, 0.05) is 58.2 Å². The second kappa shape index (κ2) is 49.0. The summed E-state index contributed by atoms with van der Waals surface area (Å²) in [6.07, 6.45) is 1.35. The predicted molar refractivity (Wildman–Crippen MR) is 425 cm³/mol. The Bertz CT molecular complexity index is 3870. The van der Waals surface area contributed by atoms with Gasteiger partial charge in [0.25, 0.3) is 0 Å². The molecule has 37 nitrogen and oxygen atoms in total. The molecule has 0 fully saturated rings. The van der Waals surface area contributed by atoms with Crippen LogP contribution in [-0.4, -0.2) is 189 Å². The molecule has 0 saturated heterocycles. The standard InChI is InChI=1S/C77H115N21O16/c1-43(2)37-59(72(112)92-54(13-10-34-86-75(80)81)68(108)95-57(65(78)105)39-46-18-26-50(99)27-19-46)97-67(107)45(5)89-71(111)61(41-48-22-30-52(101)31-23-48)90-63(103)16-8-6-7-9-17-64(104)91-62(42-49-24-32-53(102)33-25-49)74(114)94-56(15-12-36-88-77(84)85)70(110)98-60(38-44(3)4)73(113)93-55(14-11-35-87-76(82)83)69(109)96-58(66(79)106)40-47-20-28-51(100)29-21-47/h18-33,43-45,54-62,99-102H,6-17,34-42H2,1-5H3,(H2,78,105)(H2,79,106)(H,89,111)(H,90,103)(H,91,104)(H,92,112)(H,93,113)(H,94,114)(H,95,108)(H,96,109)(H,97,107)(H,98,110)(H4,80,81,86)(H4,82,83,87)(H4,84,85,88)/t45-,54-,55-,56-,57-,58-,59-,60-,61-,62-/m0/s1. The summed E-state index contributed by atoms with van der Waals surface area (Å²) >= 11 is 0. The summed E-state index contributed by atoms with van der Waals surface area (Å²) < 4.78 is 0. The Morgan fingerprint density at radius 2 is 0.535 bits per heavy atom. The molecule has 0 saturated carbocycles. The second-order valence-corrected chi connectivity index (χ2v) is 28.8. The molecule has 30 N–H and O–H groups in total. The minimum absolute atomic E-state index is 0.0212. The van der Waals surface area contributed by atoms with Crippen molar-refractivity contribution in [1.29, 1.82) is 16.2 Å². The Labute approximate surface area is 662 Å². The molecule has 4 aromatic rings. The van der Waals surface area contributed by atoms with Gasteiger partial charge in [-0.2, -0.15) is 0 Å². The number of amides is 12. The normalized spacial score (nSPS) is 13.6. The fraction of sp³-hybridized carbons (Fsp3) is 0.494. The summed E-state index contributed by atoms with van der Waals surface area (Å²) in [6, 6.07) is 10.5. The van der Waals surface area contributed by atoms with Crippen molar-refractivity contribution in [2.75, 3.05) is 19.6 Å². The van der Waals surface area contributed by atoms with E-state index in [1.807, 2.05) is 0 Å². The molecular formula is C77H115N21O16. The molecule has 0 heterocycles. The highest BCUT2D eigenvalue weighted by atomic mass is 16.3. The van der Waals surface area contributed by atoms with Gasteiger partial charge in [-0.15, -0.1) is 0 Å². The van der Waals surface area contributed by atoms with Crippen LogP contribution in [-0.2, 0) is 83.2 Å². The Hall–Kier alpha value is -12.5. The molecule has 0 aromatic heterocycles. The molecule has 0 aliphatic heterocycles. The first-order valence-corrected chi connectivity index (χ1v) is 37.9. The molecule has 0 unspecified atom stereocenters. The largest absolute Gasteiger partial charge is 0.508 e. The van der Waals surface area contributed by atoms with Gasteiger partial charge in [-0.3, -0.25) is 73.8 Å². The van der Waals surface area contributed by atoms with Gasteiger partial charge in [-0.05, 0) is 154 Å². The minimum atomic E-state index is -1.39. The topological polar surface area (TPSA) is 644 Å². The Balaban J connectivity index is 1.44. The third kappa shape index (κ3) is 37.0. The zero-order valence-electron chi connectivity index (χ0n) is 65.1. The first kappa shape index (κ1) is 93.9. The van der Waals surface area contributed by atoms with Gasteiger partial charge in [-0.25, -0.2) is 0 Å². The van der Waals surface area contributed by atoms with Crippen LogP contribution in [0.1, 0.15) is 147 Å². The third-order valence-corrected chi connectivity index (χ3v) is 18.0. The molecule has 0 aliphatic rings. The summed E-state index contributed by atoms with van der Waals surface area (Å²) in [4.78, 5) is 166. The van der Waals surface area contributed by atoms with Crippen LogP contribution in [0, 0.1) is 28.1 Å². The van der Waals surface area contributed by atoms with Crippen LogP contribution in [0.2, 0.25) is 0 Å². The van der Waals surface area contributed by atoms with Crippen molar-refractivity contribution in [3.8, 4) is 23.0 Å². The van der Waals surface area contributed by atoms with Gasteiger partial charge in [-0.1, -0.05) is 89.1 Å². The van der Waals surface area contributed by atoms with Crippen molar-refractivity contribution in [2.24, 2.45) is 40.5 Å². The van der Waals surface area contributed by atoms with E-state index in [9.17, 15) is 78.0 Å². The number of nitrogens with two attached hydrogens (primary N) is 5. The number of phenols is 4. The van der Waals surface area contributed by atoms with E-state index in [0.717, 1.165) is 0 Å². The van der Waals surface area contributed by atoms with Gasteiger partial charge < -0.3 is 118 Å². The van der Waals surface area contributed by atoms with Crippen LogP contribution in [0.25, 0.3) is 0 Å². The molecule has 114 heavy (non-hydrogen) atoms. The van der Waals surface area contributed by atoms with Crippen molar-refractivity contribution in [3.63, 3.8) is 0 Å². The summed E-state index contributed by atoms with van der Waals surface area (Å²) in [5.41, 5.74) is 30.0. The number of nitrogens with one attached hydrogen (secondary N) is 16. The molecule has 0 bridgehead atoms. The van der Waals surface area contributed by atoms with Gasteiger partial charge in [0.15, 0.2) is 17.9 Å². The highest BCUT2D eigenvalue weighted by Gasteiger charge is 2.36. The minimum Gasteiger partial charge on any atom is -0.508 e. The number of phenolic OH excluding ortho intramolecular Hbond substituents is 4. The maximum absolute atomic E-state index is 14.6. The maximum Gasteiger partial charge on any atom is 0.243 e. The number of hydrogen-bond acceptors (Lipinski definition) is 19. The number of rotatable bonds is 51. The fourth-order valence-corrected chi connectivity index (χ4v) is 11.9. The lowest BCUT2D eigenvalue weighted by atomic mass is 10.00. The number of guanidine groups is 3. The van der Waals surface area contributed by atoms with Crippen LogP contribution in [0.4, 0.5) is 0 Å². The Morgan fingerprint density at radius 1 is 0.298 bits per heavy atom. The zero-order chi connectivity index (χ0) is 84.6. The number of aromatic hydroxyl groups is 4. The molecule has 10 atom stereocenters. The number of benzene rings is 4. The van der Waals surface area contributed by atoms with E-state index in [-0.39, 0.29) is 175 Å². The molecule has 4 rings (SSSR count). The highest BCUT2D eigenvalue weighted by Crippen LogP contribution is 2.19. The van der Waals surface area contributed by atoms with Gasteiger partial charge >= 0.3 is 0 Å². The van der Waals surface area contributed by atoms with Crippen LogP contribution < -0.4 is 97.8 Å². The monoisotopic (exact) mass is 1590 g/mol. The first-order chi connectivity index (χ1) is 53.9. The van der Waals surface area contributed by atoms with Gasteiger partial charge in [0.2, 0.25) is 70.9 Å². The van der Waals surface area contributed by atoms with Crippen molar-refractivity contribution in [1.82, 2.24) is 69.1 Å². The maximum atomic E-state index is 14.6. The van der Waals surface area contributed by atoms with E-state index in [1.165, 1.54) is 79.7 Å². The van der Waals surface area contributed by atoms with E-state index < -0.39 is 131 Å². The predicted octanol–water partition coefficient (Wildman–Crippen LogP) is -1.16. The van der Waals surface area contributed by atoms with Gasteiger partial charge in [0.1, 0.15) is 83.4 Å². The van der Waals surface area contributed by atoms with Crippen LogP contribution >= 0.6 is 0 Å². The molecule has 12 amide bonds. The van der Waals surface area contributed by atoms with E-state index in [0.29, 0.717) is 35.1 Å². The number of carbonyl (C=O) groups excluding carboxylic acids is 12. The van der Waals surface area contributed by atoms with Gasteiger partial charge in [0.05, 0.1) is 0 Å². The van der Waals surface area contributed by atoms with E-state index >= 15 is 0 Å². The lowest BCUT2D eigenvalue weighted by molar-refractivity contribution is -0.135. The van der Waals surface area contributed by atoms with Crippen molar-refractivity contribution in [3.05, 3.63) is 119 Å². The molecule has 0 radical (unpaired) electrons. The lowest BCUT2D eigenvalue weighted by Gasteiger charge is -2.28. The summed E-state index contributed by atoms with van der Waals surface area (Å²) in [7, 11) is 0. The Kier molecular flexibility index (Phi) is 40.4. The Morgan fingerprint density at radius 3 is 0.807 bits per heavy atom. The highest BCUT2D eigenvalue weighted by molar-refractivity contribution is 5.98. The number of carbonyl (C=O) groups is 12. The average Bonchev–Trinajstić information content (AvgIpc) is 0.865. The fourth-order valence-electron chi connectivity index (χ4n) is 11.9. The molecule has 0 aliphatic carbocycles. The molecular weight excluding hydrogens is 1470 g/mol. The van der Waals surface area contributed by atoms with Crippen molar-refractivity contribution >= 4 is 88.8 Å². The summed E-state index contributed by atoms with van der Waals surface area (Å²) in [5, 5.41) is 97.1. The SMILES string of the molecule is CC(C)C[C@H](NC(=O)[C@H](C)NC(=O)[C@H](Cc1ccc(O)cc1)NC(=O)CCCCCCC(=O)N[C@@H](Cc1ccc(O)cc1)C(=O)N[C@@H](CCCNC(=N)N)C(=O)N[C@@H](CC(C)C)C(=O)N[C@@H](CCCNC(=N)N)C(=O)N[C@@H](Cc1ccc(O)cc1)C(N)=O)C(=O)N[C@@H](CCCNC(=N)N)C(=O)N[C@@H](Cc1ccc(O)cc1)C(N)=O. The van der Waals surface area contributed by atoms with Crippen LogP contribution in [0.3, 0.4) is 0 Å². The molecule has 4 aromatic carbocycles. The second-order valence-electron chi connectivity index (χ2n) is 28.8. The summed E-state index contributed by atoms with van der Waals surface area (Å²) in [5.74, 6) is -10.9. The lowest BCUT2D eigenvalue weighted by Crippen LogP contribution is -2.59. The van der Waals surface area contributed by atoms with Crippen LogP contribution in [0.15, 0.2) is 97.1 Å². The van der Waals surface area contributed by atoms with E-state index in [4.69, 9.17) is 44.9 Å². The molecule has 624 valence electrons. The average molecular weight is 1590 g/mol. The molecule has 0 spiro atoms. The zero-order valence-corrected chi connectivity index (χ0v) is 65.1. The summed E-state index contributed by atoms with van der Waals surface area (Å²) in [6.45, 7) is 8.85. The number of primary amides is 2. The number of unbranched alkanes of at least 4 members (excludes halogenated alkanes) is 3. The van der Waals surface area contributed by atoms with E-state index in [2.05, 4.69) is 69.1 Å². The quantitative estimate of drug-likeness (QED) is 0.0141. The van der Waals surface area contributed by atoms with Crippen molar-refractivity contribution in [2.45, 2.75) is 211 Å². The third-order valence-electron chi connectivity index (χ3n) is 18.0. The first-order valence-electron chi connectivity index (χ1n) is 37.9.